The van der Waals surface area contributed by atoms with E-state index in [-0.39, 0.29) is 11.9 Å². The molecule has 0 aromatic rings. The number of carbonyl (C=O) groups is 1. The molecule has 3 nitrogen and oxygen atoms in total. The van der Waals surface area contributed by atoms with Crippen molar-refractivity contribution in [2.75, 3.05) is 6.54 Å². The zero-order valence-electron chi connectivity index (χ0n) is 4.55. The van der Waals surface area contributed by atoms with Crippen LogP contribution in [0.1, 0.15) is 6.42 Å². The fourth-order valence-corrected chi connectivity index (χ4v) is 0.674. The smallest absolute Gasteiger partial charge is 0.236 e. The Labute approximate surface area is 48.2 Å². The first-order valence-corrected chi connectivity index (χ1v) is 2.65. The molecule has 8 heavy (non-hydrogen) atoms. The summed E-state index contributed by atoms with van der Waals surface area (Å²) >= 11 is 0. The van der Waals surface area contributed by atoms with Crippen molar-refractivity contribution in [3.8, 4) is 0 Å². The van der Waals surface area contributed by atoms with Crippen molar-refractivity contribution < 1.29 is 4.79 Å². The van der Waals surface area contributed by atoms with E-state index in [1.165, 1.54) is 0 Å². The van der Waals surface area contributed by atoms with Gasteiger partial charge in [0.25, 0.3) is 0 Å². The molecule has 0 spiro atoms. The van der Waals surface area contributed by atoms with E-state index in [2.05, 4.69) is 5.32 Å². The van der Waals surface area contributed by atoms with Crippen molar-refractivity contribution in [2.24, 2.45) is 5.73 Å². The Hall–Kier alpha value is -0.570. The highest BCUT2D eigenvalue weighted by molar-refractivity contribution is 5.82. The van der Waals surface area contributed by atoms with Crippen molar-refractivity contribution in [1.82, 2.24) is 5.32 Å². The van der Waals surface area contributed by atoms with Gasteiger partial charge in [-0.05, 0) is 12.8 Å². The third-order valence-electron chi connectivity index (χ3n) is 1.18. The summed E-state index contributed by atoms with van der Waals surface area (Å²) in [6.45, 7) is 0.673. The Balaban J connectivity index is 2.39. The summed E-state index contributed by atoms with van der Waals surface area (Å²) in [4.78, 5) is 10.5. The van der Waals surface area contributed by atoms with E-state index in [4.69, 9.17) is 5.73 Å². The molecule has 0 saturated carbocycles. The van der Waals surface area contributed by atoms with Crippen LogP contribution in [0.3, 0.4) is 0 Å². The molecule has 1 unspecified atom stereocenters. The average Bonchev–Trinajstić information content (AvgIpc) is 1.77. The van der Waals surface area contributed by atoms with Gasteiger partial charge < -0.3 is 11.1 Å². The lowest BCUT2D eigenvalue weighted by Crippen LogP contribution is -2.45. The standard InChI is InChI=1S/C5H9N2O/c6-4-2-1-3-7-5(4)8/h1,4H,2-3,6H2,(H,7,8). The van der Waals surface area contributed by atoms with Gasteiger partial charge in [-0.3, -0.25) is 4.79 Å². The summed E-state index contributed by atoms with van der Waals surface area (Å²) in [6, 6.07) is -0.302. The Morgan fingerprint density at radius 2 is 2.62 bits per heavy atom. The second-order valence-corrected chi connectivity index (χ2v) is 1.88. The van der Waals surface area contributed by atoms with Gasteiger partial charge in [-0.1, -0.05) is 0 Å². The molecule has 1 aliphatic heterocycles. The topological polar surface area (TPSA) is 55.1 Å². The molecule has 0 aromatic carbocycles. The molecular weight excluding hydrogens is 104 g/mol. The van der Waals surface area contributed by atoms with Gasteiger partial charge in [0.1, 0.15) is 0 Å². The third-order valence-corrected chi connectivity index (χ3v) is 1.18. The Kier molecular flexibility index (Phi) is 1.48. The number of hydrogen-bond acceptors (Lipinski definition) is 2. The molecule has 1 saturated heterocycles. The molecular formula is C5H9N2O. The number of nitrogens with two attached hydrogens (primary N) is 1. The number of nitrogens with one attached hydrogen (secondary N) is 1. The maximum Gasteiger partial charge on any atom is 0.236 e. The SMILES string of the molecule is NC1C[CH]CNC1=O. The van der Waals surface area contributed by atoms with Gasteiger partial charge in [0.05, 0.1) is 6.04 Å². The second kappa shape index (κ2) is 2.13. The number of hydrogen-bond donors (Lipinski definition) is 2. The minimum Gasteiger partial charge on any atom is -0.354 e. The summed E-state index contributed by atoms with van der Waals surface area (Å²) in [6.07, 6.45) is 2.68. The molecule has 1 rings (SSSR count). The van der Waals surface area contributed by atoms with Gasteiger partial charge in [0.15, 0.2) is 0 Å². The van der Waals surface area contributed by atoms with E-state index in [9.17, 15) is 4.79 Å². The van der Waals surface area contributed by atoms with Crippen LogP contribution in [0.25, 0.3) is 0 Å². The lowest BCUT2D eigenvalue weighted by Gasteiger charge is -2.16. The van der Waals surface area contributed by atoms with Gasteiger partial charge >= 0.3 is 0 Å². The van der Waals surface area contributed by atoms with Crippen LogP contribution in [0.5, 0.6) is 0 Å². The van der Waals surface area contributed by atoms with E-state index >= 15 is 0 Å². The summed E-state index contributed by atoms with van der Waals surface area (Å²) < 4.78 is 0. The highest BCUT2D eigenvalue weighted by Crippen LogP contribution is 1.96. The zero-order valence-corrected chi connectivity index (χ0v) is 4.55. The predicted molar refractivity (Wildman–Crippen MR) is 29.9 cm³/mol. The molecule has 1 fully saturated rings. The third kappa shape index (κ3) is 0.980. The molecule has 0 bridgehead atoms. The van der Waals surface area contributed by atoms with Crippen LogP contribution >= 0.6 is 0 Å². The van der Waals surface area contributed by atoms with Crippen LogP contribution in [0.4, 0.5) is 0 Å². The van der Waals surface area contributed by atoms with Crippen molar-refractivity contribution in [1.29, 1.82) is 0 Å². The van der Waals surface area contributed by atoms with Crippen molar-refractivity contribution in [2.45, 2.75) is 12.5 Å². The van der Waals surface area contributed by atoms with Crippen LogP contribution in [0, 0.1) is 6.42 Å². The Morgan fingerprint density at radius 1 is 1.88 bits per heavy atom. The van der Waals surface area contributed by atoms with Crippen molar-refractivity contribution in [3.63, 3.8) is 0 Å². The van der Waals surface area contributed by atoms with Crippen LogP contribution in [-0.4, -0.2) is 18.5 Å². The monoisotopic (exact) mass is 113 g/mol. The molecule has 45 valence electrons. The lowest BCUT2D eigenvalue weighted by molar-refractivity contribution is -0.122. The van der Waals surface area contributed by atoms with Crippen LogP contribution in [-0.2, 0) is 4.79 Å². The quantitative estimate of drug-likeness (QED) is 0.425. The number of carbonyl (C=O) groups excluding carboxylic acids is 1. The van der Waals surface area contributed by atoms with Gasteiger partial charge in [-0.2, -0.15) is 0 Å². The van der Waals surface area contributed by atoms with Crippen molar-refractivity contribution >= 4 is 5.91 Å². The van der Waals surface area contributed by atoms with Gasteiger partial charge in [0.2, 0.25) is 5.91 Å². The molecule has 1 aliphatic rings. The summed E-state index contributed by atoms with van der Waals surface area (Å²) in [5.74, 6) is -0.0347. The fraction of sp³-hybridized carbons (Fsp3) is 0.600. The van der Waals surface area contributed by atoms with E-state index in [0.717, 1.165) is 0 Å². The molecule has 3 N–H and O–H groups in total. The maximum atomic E-state index is 10.5. The molecule has 1 radical (unpaired) electrons. The van der Waals surface area contributed by atoms with Crippen LogP contribution in [0.15, 0.2) is 0 Å². The van der Waals surface area contributed by atoms with Crippen LogP contribution in [0.2, 0.25) is 0 Å². The minimum atomic E-state index is -0.302. The predicted octanol–water partition coefficient (Wildman–Crippen LogP) is -0.962. The highest BCUT2D eigenvalue weighted by atomic mass is 16.2. The van der Waals surface area contributed by atoms with E-state index in [0.29, 0.717) is 13.0 Å². The first-order valence-electron chi connectivity index (χ1n) is 2.65. The maximum absolute atomic E-state index is 10.5. The summed E-state index contributed by atoms with van der Waals surface area (Å²) in [5.41, 5.74) is 5.33. The normalized spacial score (nSPS) is 29.6. The minimum absolute atomic E-state index is 0.0347. The first kappa shape index (κ1) is 5.56. The Bertz CT molecular complexity index is 103. The summed E-state index contributed by atoms with van der Waals surface area (Å²) in [5, 5.41) is 2.61. The fourth-order valence-electron chi connectivity index (χ4n) is 0.674. The van der Waals surface area contributed by atoms with E-state index < -0.39 is 0 Å². The van der Waals surface area contributed by atoms with E-state index in [1.54, 1.807) is 0 Å². The average molecular weight is 113 g/mol. The molecule has 0 aromatic heterocycles. The molecule has 1 amide bonds. The molecule has 1 heterocycles. The largest absolute Gasteiger partial charge is 0.354 e. The molecule has 1 atom stereocenters. The number of piperidine rings is 1. The zero-order chi connectivity index (χ0) is 5.98. The van der Waals surface area contributed by atoms with Gasteiger partial charge in [-0.25, -0.2) is 0 Å². The highest BCUT2D eigenvalue weighted by Gasteiger charge is 2.16. The first-order chi connectivity index (χ1) is 3.80. The van der Waals surface area contributed by atoms with Gasteiger partial charge in [0, 0.05) is 6.54 Å². The second-order valence-electron chi connectivity index (χ2n) is 1.88. The number of amides is 1. The molecule has 3 heteroatoms. The van der Waals surface area contributed by atoms with Gasteiger partial charge in [-0.15, -0.1) is 0 Å². The number of rotatable bonds is 0. The molecule has 0 aliphatic carbocycles. The van der Waals surface area contributed by atoms with Crippen molar-refractivity contribution in [3.05, 3.63) is 6.42 Å². The summed E-state index contributed by atoms with van der Waals surface area (Å²) in [7, 11) is 0. The van der Waals surface area contributed by atoms with Crippen LogP contribution < -0.4 is 11.1 Å². The van der Waals surface area contributed by atoms with E-state index in [1.807, 2.05) is 6.42 Å². The Morgan fingerprint density at radius 3 is 3.00 bits per heavy atom. The lowest BCUT2D eigenvalue weighted by atomic mass is 10.1.